The van der Waals surface area contributed by atoms with Gasteiger partial charge in [0.15, 0.2) is 5.76 Å². The van der Waals surface area contributed by atoms with Crippen LogP contribution in [0.1, 0.15) is 16.2 Å². The highest BCUT2D eigenvalue weighted by Gasteiger charge is 2.05. The molecule has 0 bridgehead atoms. The van der Waals surface area contributed by atoms with Crippen LogP contribution < -0.4 is 5.32 Å². The predicted octanol–water partition coefficient (Wildman–Crippen LogP) is 1.38. The average Bonchev–Trinajstić information content (AvgIpc) is 2.79. The third-order valence-electron chi connectivity index (χ3n) is 1.94. The Labute approximate surface area is 90.9 Å². The summed E-state index contributed by atoms with van der Waals surface area (Å²) in [5.74, 6) is -0.378. The minimum atomic E-state index is -1.05. The Bertz CT molecular complexity index is 482. The first-order valence-corrected chi connectivity index (χ1v) is 4.58. The minimum absolute atomic E-state index is 0.00238. The number of anilines is 1. The molecule has 0 amide bonds. The molecule has 2 aromatic rings. The van der Waals surface area contributed by atoms with Gasteiger partial charge in [-0.05, 0) is 12.1 Å². The molecule has 0 aromatic carbocycles. The van der Waals surface area contributed by atoms with E-state index in [1.165, 1.54) is 12.3 Å². The highest BCUT2D eigenvalue weighted by molar-refractivity contribution is 5.86. The fourth-order valence-corrected chi connectivity index (χ4v) is 1.18. The molecular formula is C10H9N3O3. The molecule has 0 aliphatic heterocycles. The zero-order valence-electron chi connectivity index (χ0n) is 8.25. The summed E-state index contributed by atoms with van der Waals surface area (Å²) in [4.78, 5) is 14.4. The quantitative estimate of drug-likeness (QED) is 0.807. The fourth-order valence-electron chi connectivity index (χ4n) is 1.18. The van der Waals surface area contributed by atoms with Crippen LogP contribution in [0.2, 0.25) is 0 Å². The number of carboxylic acid groups (broad SMARTS) is 1. The van der Waals surface area contributed by atoms with Crippen LogP contribution >= 0.6 is 0 Å². The molecule has 0 saturated heterocycles. The van der Waals surface area contributed by atoms with Crippen LogP contribution in [0.4, 0.5) is 5.69 Å². The molecule has 6 heteroatoms. The number of hydrogen-bond acceptors (Lipinski definition) is 5. The van der Waals surface area contributed by atoms with Gasteiger partial charge < -0.3 is 14.9 Å². The van der Waals surface area contributed by atoms with E-state index in [9.17, 15) is 4.79 Å². The lowest BCUT2D eigenvalue weighted by molar-refractivity contribution is 0.0690. The number of pyridine rings is 1. The summed E-state index contributed by atoms with van der Waals surface area (Å²) in [6, 6.07) is 4.87. The van der Waals surface area contributed by atoms with Crippen LogP contribution in [0.5, 0.6) is 0 Å². The Morgan fingerprint density at radius 1 is 1.44 bits per heavy atom. The summed E-state index contributed by atoms with van der Waals surface area (Å²) in [6.45, 7) is 0.447. The van der Waals surface area contributed by atoms with E-state index in [4.69, 9.17) is 9.63 Å². The molecule has 2 aromatic heterocycles. The molecule has 0 fully saturated rings. The number of nitrogens with one attached hydrogen (secondary N) is 1. The maximum atomic E-state index is 10.7. The maximum absolute atomic E-state index is 10.7. The van der Waals surface area contributed by atoms with Crippen molar-refractivity contribution in [3.8, 4) is 0 Å². The van der Waals surface area contributed by atoms with Gasteiger partial charge in [0.1, 0.15) is 5.69 Å². The Morgan fingerprint density at radius 3 is 3.00 bits per heavy atom. The Morgan fingerprint density at radius 2 is 2.31 bits per heavy atom. The summed E-state index contributed by atoms with van der Waals surface area (Å²) in [7, 11) is 0. The van der Waals surface area contributed by atoms with Crippen LogP contribution in [-0.2, 0) is 6.54 Å². The first-order valence-electron chi connectivity index (χ1n) is 4.58. The van der Waals surface area contributed by atoms with Crippen molar-refractivity contribution in [2.45, 2.75) is 6.54 Å². The third-order valence-corrected chi connectivity index (χ3v) is 1.94. The second-order valence-corrected chi connectivity index (χ2v) is 3.07. The van der Waals surface area contributed by atoms with Gasteiger partial charge in [0.2, 0.25) is 0 Å². The van der Waals surface area contributed by atoms with Gasteiger partial charge in [-0.25, -0.2) is 9.78 Å². The Kier molecular flexibility index (Phi) is 2.81. The first kappa shape index (κ1) is 10.2. The highest BCUT2D eigenvalue weighted by atomic mass is 16.5. The fraction of sp³-hybridized carbons (Fsp3) is 0.100. The molecule has 0 aliphatic rings. The molecule has 16 heavy (non-hydrogen) atoms. The van der Waals surface area contributed by atoms with Crippen LogP contribution in [-0.4, -0.2) is 21.2 Å². The molecular weight excluding hydrogens is 210 g/mol. The van der Waals surface area contributed by atoms with Gasteiger partial charge in [-0.15, -0.1) is 0 Å². The first-order chi connectivity index (χ1) is 7.75. The van der Waals surface area contributed by atoms with Crippen molar-refractivity contribution < 1.29 is 14.4 Å². The van der Waals surface area contributed by atoms with Crippen molar-refractivity contribution in [2.24, 2.45) is 0 Å². The van der Waals surface area contributed by atoms with Crippen LogP contribution in [0.3, 0.4) is 0 Å². The number of nitrogens with zero attached hydrogens (tertiary/aromatic N) is 2. The van der Waals surface area contributed by atoms with Crippen molar-refractivity contribution in [3.63, 3.8) is 0 Å². The lowest BCUT2D eigenvalue weighted by Gasteiger charge is -2.03. The molecule has 2 heterocycles. The van der Waals surface area contributed by atoms with Crippen LogP contribution in [0, 0.1) is 0 Å². The smallest absolute Gasteiger partial charge is 0.354 e. The highest BCUT2D eigenvalue weighted by Crippen LogP contribution is 2.09. The number of hydrogen-bond donors (Lipinski definition) is 2. The van der Waals surface area contributed by atoms with E-state index in [0.717, 1.165) is 0 Å². The summed E-state index contributed by atoms with van der Waals surface area (Å²) >= 11 is 0. The molecule has 2 N–H and O–H groups in total. The maximum Gasteiger partial charge on any atom is 0.354 e. The zero-order chi connectivity index (χ0) is 11.4. The van der Waals surface area contributed by atoms with E-state index in [2.05, 4.69) is 15.5 Å². The monoisotopic (exact) mass is 219 g/mol. The van der Waals surface area contributed by atoms with Crippen molar-refractivity contribution in [1.29, 1.82) is 0 Å². The molecule has 0 atom stereocenters. The van der Waals surface area contributed by atoms with Crippen molar-refractivity contribution in [3.05, 3.63) is 42.0 Å². The third kappa shape index (κ3) is 2.35. The second kappa shape index (κ2) is 4.43. The number of aromatic nitrogens is 2. The lowest BCUT2D eigenvalue weighted by atomic mass is 10.3. The molecule has 82 valence electrons. The molecule has 2 rings (SSSR count). The molecule has 0 unspecified atom stereocenters. The lowest BCUT2D eigenvalue weighted by Crippen LogP contribution is -2.03. The zero-order valence-corrected chi connectivity index (χ0v) is 8.25. The number of carboxylic acids is 1. The van der Waals surface area contributed by atoms with Gasteiger partial charge in [0, 0.05) is 18.0 Å². The summed E-state index contributed by atoms with van der Waals surface area (Å²) in [5, 5.41) is 15.3. The van der Waals surface area contributed by atoms with Crippen molar-refractivity contribution >= 4 is 11.7 Å². The van der Waals surface area contributed by atoms with Gasteiger partial charge in [-0.1, -0.05) is 5.16 Å². The second-order valence-electron chi connectivity index (χ2n) is 3.07. The van der Waals surface area contributed by atoms with E-state index < -0.39 is 5.97 Å². The van der Waals surface area contributed by atoms with Gasteiger partial charge in [-0.2, -0.15) is 0 Å². The van der Waals surface area contributed by atoms with E-state index in [1.807, 2.05) is 0 Å². The topological polar surface area (TPSA) is 88.2 Å². The van der Waals surface area contributed by atoms with Gasteiger partial charge in [-0.3, -0.25) is 0 Å². The largest absolute Gasteiger partial charge is 0.477 e. The number of carbonyl (C=O) groups is 1. The molecule has 0 saturated carbocycles. The van der Waals surface area contributed by atoms with Crippen molar-refractivity contribution in [1.82, 2.24) is 10.1 Å². The standard InChI is InChI=1S/C10H9N3O3/c14-10(15)9-5-7(1-3-11-9)12-6-8-2-4-13-16-8/h1-5H,6H2,(H,11,12)(H,14,15). The minimum Gasteiger partial charge on any atom is -0.477 e. The Hall–Kier alpha value is -2.37. The predicted molar refractivity (Wildman–Crippen MR) is 55.0 cm³/mol. The summed E-state index contributed by atoms with van der Waals surface area (Å²) in [6.07, 6.45) is 2.98. The van der Waals surface area contributed by atoms with Crippen LogP contribution in [0.25, 0.3) is 0 Å². The summed E-state index contributed by atoms with van der Waals surface area (Å²) in [5.41, 5.74) is 0.673. The Balaban J connectivity index is 2.04. The number of aromatic carboxylic acids is 1. The van der Waals surface area contributed by atoms with Crippen LogP contribution in [0.15, 0.2) is 35.1 Å². The molecule has 0 spiro atoms. The normalized spacial score (nSPS) is 10.0. The number of rotatable bonds is 4. The van der Waals surface area contributed by atoms with E-state index in [-0.39, 0.29) is 5.69 Å². The average molecular weight is 219 g/mol. The van der Waals surface area contributed by atoms with E-state index >= 15 is 0 Å². The van der Waals surface area contributed by atoms with E-state index in [0.29, 0.717) is 18.0 Å². The van der Waals surface area contributed by atoms with Gasteiger partial charge >= 0.3 is 5.97 Å². The SMILES string of the molecule is O=C(O)c1cc(NCc2ccno2)ccn1. The molecule has 0 radical (unpaired) electrons. The molecule has 6 nitrogen and oxygen atoms in total. The summed E-state index contributed by atoms with van der Waals surface area (Å²) < 4.78 is 4.89. The van der Waals surface area contributed by atoms with Gasteiger partial charge in [0.25, 0.3) is 0 Å². The van der Waals surface area contributed by atoms with Gasteiger partial charge in [0.05, 0.1) is 12.7 Å². The molecule has 0 aliphatic carbocycles. The van der Waals surface area contributed by atoms with Crippen molar-refractivity contribution in [2.75, 3.05) is 5.32 Å². The van der Waals surface area contributed by atoms with E-state index in [1.54, 1.807) is 18.3 Å².